The highest BCUT2D eigenvalue weighted by Gasteiger charge is 2.19. The average Bonchev–Trinajstić information content (AvgIpc) is 2.41. The van der Waals surface area contributed by atoms with Gasteiger partial charge in [0.1, 0.15) is 0 Å². The van der Waals surface area contributed by atoms with Gasteiger partial charge < -0.3 is 11.1 Å². The van der Waals surface area contributed by atoms with Crippen LogP contribution in [0.2, 0.25) is 0 Å². The lowest BCUT2D eigenvalue weighted by molar-refractivity contribution is -0.122. The Morgan fingerprint density at radius 1 is 1.53 bits per heavy atom. The van der Waals surface area contributed by atoms with Crippen molar-refractivity contribution >= 4 is 17.2 Å². The second kappa shape index (κ2) is 5.19. The van der Waals surface area contributed by atoms with Gasteiger partial charge in [-0.3, -0.25) is 4.79 Å². The van der Waals surface area contributed by atoms with Gasteiger partial charge in [0.15, 0.2) is 0 Å². The van der Waals surface area contributed by atoms with Crippen molar-refractivity contribution in [1.29, 1.82) is 0 Å². The average molecular weight is 254 g/mol. The quantitative estimate of drug-likeness (QED) is 0.868. The summed E-state index contributed by atoms with van der Waals surface area (Å²) >= 11 is 1.76. The van der Waals surface area contributed by atoms with E-state index in [1.807, 2.05) is 20.8 Å². The Morgan fingerprint density at radius 3 is 2.53 bits per heavy atom. The number of carbonyl (C=O) groups is 1. The molecule has 0 radical (unpaired) electrons. The first kappa shape index (κ1) is 14.2. The molecule has 17 heavy (non-hydrogen) atoms. The van der Waals surface area contributed by atoms with E-state index in [4.69, 9.17) is 5.73 Å². The van der Waals surface area contributed by atoms with Gasteiger partial charge in [-0.05, 0) is 46.2 Å². The molecule has 3 nitrogen and oxygen atoms in total. The minimum Gasteiger partial charge on any atom is -0.349 e. The lowest BCUT2D eigenvalue weighted by Crippen LogP contribution is -2.39. The summed E-state index contributed by atoms with van der Waals surface area (Å²) in [6, 6.07) is 2.19. The fraction of sp³-hybridized carbons (Fsp3) is 0.615. The Morgan fingerprint density at radius 2 is 2.12 bits per heavy atom. The fourth-order valence-corrected chi connectivity index (χ4v) is 2.89. The van der Waals surface area contributed by atoms with E-state index in [1.54, 1.807) is 11.3 Å². The van der Waals surface area contributed by atoms with Crippen molar-refractivity contribution in [2.24, 2.45) is 5.73 Å². The van der Waals surface area contributed by atoms with Gasteiger partial charge >= 0.3 is 0 Å². The van der Waals surface area contributed by atoms with Crippen LogP contribution in [0.5, 0.6) is 0 Å². The zero-order valence-corrected chi connectivity index (χ0v) is 12.1. The van der Waals surface area contributed by atoms with Gasteiger partial charge in [0.2, 0.25) is 5.91 Å². The molecular weight excluding hydrogens is 232 g/mol. The van der Waals surface area contributed by atoms with Gasteiger partial charge in [-0.15, -0.1) is 11.3 Å². The zero-order chi connectivity index (χ0) is 13.2. The lowest BCUT2D eigenvalue weighted by atomic mass is 10.0. The van der Waals surface area contributed by atoms with Crippen LogP contribution in [0, 0.1) is 13.8 Å². The first-order valence-corrected chi connectivity index (χ1v) is 6.66. The topological polar surface area (TPSA) is 55.1 Å². The summed E-state index contributed by atoms with van der Waals surface area (Å²) in [5.74, 6) is 0.00764. The molecule has 96 valence electrons. The largest absolute Gasteiger partial charge is 0.349 e. The first-order valence-electron chi connectivity index (χ1n) is 5.84. The molecule has 0 fully saturated rings. The maximum atomic E-state index is 11.8. The molecule has 0 aliphatic carbocycles. The van der Waals surface area contributed by atoms with Crippen molar-refractivity contribution in [3.05, 3.63) is 21.4 Å². The Bertz CT molecular complexity index is 404. The molecule has 0 aliphatic rings. The minimum absolute atomic E-state index is 0.00764. The Labute approximate surface area is 107 Å². The maximum Gasteiger partial charge on any atom is 0.222 e. The second-order valence-corrected chi connectivity index (χ2v) is 6.78. The predicted molar refractivity (Wildman–Crippen MR) is 73.2 cm³/mol. The smallest absolute Gasteiger partial charge is 0.222 e. The molecular formula is C13H22N2OS. The van der Waals surface area contributed by atoms with Crippen LogP contribution in [0.3, 0.4) is 0 Å². The molecule has 3 N–H and O–H groups in total. The van der Waals surface area contributed by atoms with E-state index in [1.165, 1.54) is 15.3 Å². The monoisotopic (exact) mass is 254 g/mol. The molecule has 0 aliphatic heterocycles. The number of nitrogens with two attached hydrogens (primary N) is 1. The van der Waals surface area contributed by atoms with E-state index >= 15 is 0 Å². The third kappa shape index (κ3) is 4.48. The van der Waals surface area contributed by atoms with Crippen LogP contribution in [-0.2, 0) is 4.79 Å². The molecule has 0 spiro atoms. The van der Waals surface area contributed by atoms with Gasteiger partial charge in [0.25, 0.3) is 0 Å². The molecule has 0 saturated heterocycles. The summed E-state index contributed by atoms with van der Waals surface area (Å²) in [4.78, 5) is 14.3. The molecule has 1 heterocycles. The van der Waals surface area contributed by atoms with E-state index in [9.17, 15) is 4.79 Å². The highest BCUT2D eigenvalue weighted by atomic mass is 32.1. The molecule has 0 aromatic carbocycles. The molecule has 4 heteroatoms. The fourth-order valence-electron chi connectivity index (χ4n) is 1.86. The highest BCUT2D eigenvalue weighted by Crippen LogP contribution is 2.26. The van der Waals surface area contributed by atoms with Crippen molar-refractivity contribution in [3.63, 3.8) is 0 Å². The van der Waals surface area contributed by atoms with Gasteiger partial charge in [0.05, 0.1) is 6.04 Å². The van der Waals surface area contributed by atoms with E-state index in [0.29, 0.717) is 6.42 Å². The summed E-state index contributed by atoms with van der Waals surface area (Å²) in [5.41, 5.74) is 6.58. The zero-order valence-electron chi connectivity index (χ0n) is 11.3. The van der Waals surface area contributed by atoms with Crippen molar-refractivity contribution in [1.82, 2.24) is 5.32 Å². The molecule has 1 unspecified atom stereocenters. The van der Waals surface area contributed by atoms with E-state index in [0.717, 1.165) is 0 Å². The van der Waals surface area contributed by atoms with Crippen molar-refractivity contribution in [2.75, 3.05) is 0 Å². The molecule has 1 amide bonds. The molecule has 1 rings (SSSR count). The number of rotatable bonds is 4. The number of carbonyl (C=O) groups excluding carboxylic acids is 1. The standard InChI is InChI=1S/C13H22N2OS/c1-8-6-11(10(3)17-8)9(2)15-12(16)7-13(4,5)14/h6,9H,7,14H2,1-5H3,(H,15,16). The van der Waals surface area contributed by atoms with Crippen LogP contribution >= 0.6 is 11.3 Å². The Balaban J connectivity index is 2.64. The van der Waals surface area contributed by atoms with Crippen molar-refractivity contribution < 1.29 is 4.79 Å². The number of amides is 1. The van der Waals surface area contributed by atoms with Crippen molar-refractivity contribution in [2.45, 2.75) is 52.6 Å². The van der Waals surface area contributed by atoms with Crippen LogP contribution in [-0.4, -0.2) is 11.4 Å². The van der Waals surface area contributed by atoms with E-state index in [-0.39, 0.29) is 11.9 Å². The van der Waals surface area contributed by atoms with Gasteiger partial charge in [-0.2, -0.15) is 0 Å². The van der Waals surface area contributed by atoms with E-state index in [2.05, 4.69) is 25.2 Å². The number of aryl methyl sites for hydroxylation is 2. The molecule has 0 saturated carbocycles. The third-order valence-corrected chi connectivity index (χ3v) is 3.52. The van der Waals surface area contributed by atoms with Crippen LogP contribution in [0.15, 0.2) is 6.07 Å². The maximum absolute atomic E-state index is 11.8. The number of hydrogen-bond donors (Lipinski definition) is 2. The number of hydrogen-bond acceptors (Lipinski definition) is 3. The van der Waals surface area contributed by atoms with Gasteiger partial charge in [-0.1, -0.05) is 0 Å². The molecule has 1 aromatic heterocycles. The molecule has 1 atom stereocenters. The summed E-state index contributed by atoms with van der Waals surface area (Å²) in [6.45, 7) is 9.89. The van der Waals surface area contributed by atoms with Crippen LogP contribution in [0.25, 0.3) is 0 Å². The third-order valence-electron chi connectivity index (χ3n) is 2.54. The highest BCUT2D eigenvalue weighted by molar-refractivity contribution is 7.12. The Kier molecular flexibility index (Phi) is 4.33. The lowest BCUT2D eigenvalue weighted by Gasteiger charge is -2.20. The Hall–Kier alpha value is -0.870. The van der Waals surface area contributed by atoms with Gasteiger partial charge in [0, 0.05) is 21.7 Å². The predicted octanol–water partition coefficient (Wildman–Crippen LogP) is 2.67. The summed E-state index contributed by atoms with van der Waals surface area (Å²) in [6.07, 6.45) is 0.347. The van der Waals surface area contributed by atoms with Crippen LogP contribution in [0.4, 0.5) is 0 Å². The second-order valence-electron chi connectivity index (χ2n) is 5.32. The molecule has 0 bridgehead atoms. The number of nitrogens with one attached hydrogen (secondary N) is 1. The van der Waals surface area contributed by atoms with E-state index < -0.39 is 5.54 Å². The van der Waals surface area contributed by atoms with Crippen LogP contribution in [0.1, 0.15) is 48.6 Å². The normalized spacial score (nSPS) is 13.5. The SMILES string of the molecule is Cc1cc(C(C)NC(=O)CC(C)(C)N)c(C)s1. The first-order chi connectivity index (χ1) is 7.69. The minimum atomic E-state index is -0.455. The molecule has 1 aromatic rings. The summed E-state index contributed by atoms with van der Waals surface area (Å²) in [7, 11) is 0. The van der Waals surface area contributed by atoms with Crippen molar-refractivity contribution in [3.8, 4) is 0 Å². The van der Waals surface area contributed by atoms with Gasteiger partial charge in [-0.25, -0.2) is 0 Å². The summed E-state index contributed by atoms with van der Waals surface area (Å²) < 4.78 is 0. The number of thiophene rings is 1. The van der Waals surface area contributed by atoms with Crippen LogP contribution < -0.4 is 11.1 Å². The summed E-state index contributed by atoms with van der Waals surface area (Å²) in [5, 5.41) is 2.99.